The van der Waals surface area contributed by atoms with E-state index in [1.807, 2.05) is 55.6 Å². The van der Waals surface area contributed by atoms with E-state index >= 15 is 0 Å². The Kier molecular flexibility index (Phi) is 5.96. The van der Waals surface area contributed by atoms with Gasteiger partial charge in [0.25, 0.3) is 0 Å². The molecule has 3 heterocycles. The van der Waals surface area contributed by atoms with Crippen molar-refractivity contribution in [3.05, 3.63) is 60.7 Å². The van der Waals surface area contributed by atoms with E-state index in [4.69, 9.17) is 4.74 Å². The number of para-hydroxylation sites is 1. The first-order valence-corrected chi connectivity index (χ1v) is 11.4. The number of aryl methyl sites for hydroxylation is 1. The summed E-state index contributed by atoms with van der Waals surface area (Å²) >= 11 is 0. The second-order valence-electron chi connectivity index (χ2n) is 7.00. The third-order valence-electron chi connectivity index (χ3n) is 4.90. The second kappa shape index (κ2) is 8.80. The van der Waals surface area contributed by atoms with Crippen molar-refractivity contribution < 1.29 is 13.2 Å². The summed E-state index contributed by atoms with van der Waals surface area (Å²) in [6, 6.07) is 13.0. The van der Waals surface area contributed by atoms with Crippen LogP contribution in [-0.4, -0.2) is 71.0 Å². The largest absolute Gasteiger partial charge is 0.492 e. The average Bonchev–Trinajstić information content (AvgIpc) is 3.21. The van der Waals surface area contributed by atoms with E-state index in [-0.39, 0.29) is 12.4 Å². The topological polar surface area (TPSA) is 93.5 Å². The van der Waals surface area contributed by atoms with E-state index < -0.39 is 10.0 Å². The number of anilines is 1. The van der Waals surface area contributed by atoms with Gasteiger partial charge in [-0.05, 0) is 25.1 Å². The summed E-state index contributed by atoms with van der Waals surface area (Å²) in [5.41, 5.74) is 0.908. The van der Waals surface area contributed by atoms with Gasteiger partial charge < -0.3 is 9.64 Å². The molecule has 0 radical (unpaired) electrons. The molecule has 0 aliphatic carbocycles. The van der Waals surface area contributed by atoms with Crippen LogP contribution in [0.5, 0.6) is 5.75 Å². The summed E-state index contributed by atoms with van der Waals surface area (Å²) < 4.78 is 34.1. The Morgan fingerprint density at radius 3 is 2.43 bits per heavy atom. The third kappa shape index (κ3) is 4.77. The van der Waals surface area contributed by atoms with E-state index in [0.29, 0.717) is 37.7 Å². The van der Waals surface area contributed by atoms with Crippen LogP contribution >= 0.6 is 0 Å². The molecule has 2 aromatic heterocycles. The Morgan fingerprint density at radius 1 is 1.00 bits per heavy atom. The zero-order valence-electron chi connectivity index (χ0n) is 16.8. The first kappa shape index (κ1) is 20.3. The van der Waals surface area contributed by atoms with Crippen LogP contribution in [0.1, 0.15) is 5.69 Å². The van der Waals surface area contributed by atoms with E-state index in [1.165, 1.54) is 10.6 Å². The zero-order valence-corrected chi connectivity index (χ0v) is 17.6. The molecule has 1 aliphatic rings. The summed E-state index contributed by atoms with van der Waals surface area (Å²) in [5.74, 6) is 2.07. The number of ether oxygens (including phenoxy) is 1. The van der Waals surface area contributed by atoms with Gasteiger partial charge in [-0.25, -0.2) is 23.1 Å². The molecule has 1 saturated heterocycles. The van der Waals surface area contributed by atoms with Gasteiger partial charge in [0.15, 0.2) is 5.82 Å². The molecular weight excluding hydrogens is 404 g/mol. The maximum atomic E-state index is 12.7. The molecule has 0 spiro atoms. The average molecular weight is 429 g/mol. The lowest BCUT2D eigenvalue weighted by Crippen LogP contribution is -2.50. The molecule has 0 bridgehead atoms. The Labute approximate surface area is 176 Å². The molecule has 1 fully saturated rings. The normalized spacial score (nSPS) is 15.3. The van der Waals surface area contributed by atoms with E-state index in [9.17, 15) is 8.42 Å². The van der Waals surface area contributed by atoms with Crippen LogP contribution in [0.2, 0.25) is 0 Å². The van der Waals surface area contributed by atoms with Crippen LogP contribution in [0.4, 0.5) is 5.82 Å². The standard InChI is InChI=1S/C20H24N6O3S/c1-17-7-8-26(23-17)20-15-19(21-16-22-20)24-9-11-25(12-10-24)30(27,28)14-13-29-18-5-3-2-4-6-18/h2-8,15-16H,9-14H2,1H3. The SMILES string of the molecule is Cc1ccn(-c2cc(N3CCN(S(=O)(=O)CCOc4ccccc4)CC3)ncn2)n1. The number of nitrogens with zero attached hydrogens (tertiary/aromatic N) is 6. The van der Waals surface area contributed by atoms with Crippen molar-refractivity contribution in [1.82, 2.24) is 24.1 Å². The molecule has 0 N–H and O–H groups in total. The maximum absolute atomic E-state index is 12.7. The van der Waals surface area contributed by atoms with Gasteiger partial charge in [-0.15, -0.1) is 0 Å². The van der Waals surface area contributed by atoms with Gasteiger partial charge in [-0.3, -0.25) is 0 Å². The number of benzene rings is 1. The molecule has 30 heavy (non-hydrogen) atoms. The molecule has 9 nitrogen and oxygen atoms in total. The molecule has 0 unspecified atom stereocenters. The minimum absolute atomic E-state index is 0.0435. The molecule has 10 heteroatoms. The maximum Gasteiger partial charge on any atom is 0.217 e. The van der Waals surface area contributed by atoms with Gasteiger partial charge in [0.1, 0.15) is 24.5 Å². The number of hydrogen-bond acceptors (Lipinski definition) is 7. The van der Waals surface area contributed by atoms with Crippen molar-refractivity contribution in [2.24, 2.45) is 0 Å². The van der Waals surface area contributed by atoms with Crippen LogP contribution in [0.15, 0.2) is 55.0 Å². The van der Waals surface area contributed by atoms with Gasteiger partial charge in [-0.1, -0.05) is 18.2 Å². The molecule has 0 atom stereocenters. The van der Waals surface area contributed by atoms with E-state index in [2.05, 4.69) is 20.0 Å². The highest BCUT2D eigenvalue weighted by atomic mass is 32.2. The Hall–Kier alpha value is -2.98. The monoisotopic (exact) mass is 428 g/mol. The lowest BCUT2D eigenvalue weighted by atomic mass is 10.3. The minimum atomic E-state index is -3.37. The predicted molar refractivity (Wildman–Crippen MR) is 113 cm³/mol. The molecule has 1 aliphatic heterocycles. The number of sulfonamides is 1. The Balaban J connectivity index is 1.33. The van der Waals surface area contributed by atoms with Crippen LogP contribution < -0.4 is 9.64 Å². The van der Waals surface area contributed by atoms with Gasteiger partial charge >= 0.3 is 0 Å². The number of rotatable bonds is 7. The smallest absolute Gasteiger partial charge is 0.217 e. The second-order valence-corrected chi connectivity index (χ2v) is 9.09. The fraction of sp³-hybridized carbons (Fsp3) is 0.350. The van der Waals surface area contributed by atoms with Crippen molar-refractivity contribution >= 4 is 15.8 Å². The zero-order chi connectivity index (χ0) is 21.0. The lowest BCUT2D eigenvalue weighted by molar-refractivity contribution is 0.331. The number of hydrogen-bond donors (Lipinski definition) is 0. The van der Waals surface area contributed by atoms with Gasteiger partial charge in [0, 0.05) is 38.4 Å². The first-order valence-electron chi connectivity index (χ1n) is 9.76. The highest BCUT2D eigenvalue weighted by Gasteiger charge is 2.27. The van der Waals surface area contributed by atoms with E-state index in [0.717, 1.165) is 11.5 Å². The minimum Gasteiger partial charge on any atom is -0.492 e. The summed E-state index contributed by atoms with van der Waals surface area (Å²) in [6.45, 7) is 4.00. The summed E-state index contributed by atoms with van der Waals surface area (Å²) in [4.78, 5) is 10.7. The Bertz CT molecular complexity index is 1080. The number of piperazine rings is 1. The lowest BCUT2D eigenvalue weighted by Gasteiger charge is -2.34. The molecule has 0 amide bonds. The summed E-state index contributed by atoms with van der Waals surface area (Å²) in [7, 11) is -3.37. The molecule has 3 aromatic rings. The quantitative estimate of drug-likeness (QED) is 0.563. The van der Waals surface area contributed by atoms with Gasteiger partial charge in [0.05, 0.1) is 11.4 Å². The van der Waals surface area contributed by atoms with Crippen molar-refractivity contribution in [1.29, 1.82) is 0 Å². The summed E-state index contributed by atoms with van der Waals surface area (Å²) in [5, 5.41) is 4.37. The van der Waals surface area contributed by atoms with Crippen LogP contribution in [-0.2, 0) is 10.0 Å². The van der Waals surface area contributed by atoms with Gasteiger partial charge in [-0.2, -0.15) is 9.40 Å². The Morgan fingerprint density at radius 2 is 1.73 bits per heavy atom. The van der Waals surface area contributed by atoms with E-state index in [1.54, 1.807) is 4.68 Å². The molecule has 4 rings (SSSR count). The fourth-order valence-corrected chi connectivity index (χ4v) is 4.56. The van der Waals surface area contributed by atoms with Gasteiger partial charge in [0.2, 0.25) is 10.0 Å². The van der Waals surface area contributed by atoms with Crippen molar-refractivity contribution in [3.63, 3.8) is 0 Å². The third-order valence-corrected chi connectivity index (χ3v) is 6.74. The van der Waals surface area contributed by atoms with Crippen LogP contribution in [0.3, 0.4) is 0 Å². The van der Waals surface area contributed by atoms with Crippen molar-refractivity contribution in [2.75, 3.05) is 43.4 Å². The predicted octanol–water partition coefficient (Wildman–Crippen LogP) is 1.50. The highest BCUT2D eigenvalue weighted by Crippen LogP contribution is 2.17. The van der Waals surface area contributed by atoms with Crippen molar-refractivity contribution in [2.45, 2.75) is 6.92 Å². The molecule has 1 aromatic carbocycles. The fourth-order valence-electron chi connectivity index (χ4n) is 3.28. The van der Waals surface area contributed by atoms with Crippen LogP contribution in [0, 0.1) is 6.92 Å². The highest BCUT2D eigenvalue weighted by molar-refractivity contribution is 7.89. The molecule has 0 saturated carbocycles. The summed E-state index contributed by atoms with van der Waals surface area (Å²) in [6.07, 6.45) is 3.36. The molecular formula is C20H24N6O3S. The van der Waals surface area contributed by atoms with Crippen molar-refractivity contribution in [3.8, 4) is 11.6 Å². The molecule has 158 valence electrons. The van der Waals surface area contributed by atoms with Crippen LogP contribution in [0.25, 0.3) is 5.82 Å². The number of aromatic nitrogens is 4. The first-order chi connectivity index (χ1) is 14.5.